The van der Waals surface area contributed by atoms with Crippen molar-refractivity contribution in [2.45, 2.75) is 50.7 Å². The van der Waals surface area contributed by atoms with Crippen molar-refractivity contribution in [2.24, 2.45) is 0 Å². The van der Waals surface area contributed by atoms with Gasteiger partial charge in [-0.2, -0.15) is 4.31 Å². The van der Waals surface area contributed by atoms with E-state index in [1.165, 1.54) is 4.31 Å². The summed E-state index contributed by atoms with van der Waals surface area (Å²) in [6.07, 6.45) is -0.855. The fourth-order valence-electron chi connectivity index (χ4n) is 2.52. The maximum absolute atomic E-state index is 13.2. The molecule has 2 atom stereocenters. The van der Waals surface area contributed by atoms with Crippen LogP contribution in [0.4, 0.5) is 0 Å². The van der Waals surface area contributed by atoms with Crippen molar-refractivity contribution < 1.29 is 18.6 Å². The van der Waals surface area contributed by atoms with Gasteiger partial charge < -0.3 is 10.2 Å². The SMILES string of the molecule is C=C=C(CN(CC(=C=C)C(O)CC)S(=O)(=O)c1ccc(C)cc1)C(O)CC. The minimum absolute atomic E-state index is 0.0870. The Labute approximate surface area is 162 Å². The van der Waals surface area contributed by atoms with E-state index in [1.54, 1.807) is 38.1 Å². The molecule has 5 nitrogen and oxygen atoms in total. The van der Waals surface area contributed by atoms with Gasteiger partial charge in [0, 0.05) is 24.2 Å². The molecule has 0 saturated heterocycles. The Bertz CT molecular complexity index is 795. The molecule has 0 aliphatic rings. The molecule has 0 saturated carbocycles. The molecule has 148 valence electrons. The molecule has 0 amide bonds. The Kier molecular flexibility index (Phi) is 8.94. The highest BCUT2D eigenvalue weighted by Crippen LogP contribution is 2.21. The van der Waals surface area contributed by atoms with Crippen molar-refractivity contribution in [1.29, 1.82) is 0 Å². The summed E-state index contributed by atoms with van der Waals surface area (Å²) in [5, 5.41) is 20.3. The first-order valence-electron chi connectivity index (χ1n) is 8.91. The maximum atomic E-state index is 13.2. The number of hydrogen-bond acceptors (Lipinski definition) is 4. The summed E-state index contributed by atoms with van der Waals surface area (Å²) in [6.45, 7) is 12.4. The van der Waals surface area contributed by atoms with Gasteiger partial charge in [0.2, 0.25) is 10.0 Å². The van der Waals surface area contributed by atoms with Crippen molar-refractivity contribution in [3.8, 4) is 0 Å². The van der Waals surface area contributed by atoms with Crippen LogP contribution in [0, 0.1) is 6.92 Å². The minimum atomic E-state index is -3.88. The standard InChI is InChI=1S/C21H29NO4S/c1-6-17(20(23)8-3)14-22(15-18(7-2)21(24)9-4)27(25,26)19-12-10-16(5)11-13-19/h10-13,20-21,23-24H,1-2,8-9,14-15H2,3-5H3. The van der Waals surface area contributed by atoms with Gasteiger partial charge in [-0.15, -0.1) is 11.5 Å². The summed E-state index contributed by atoms with van der Waals surface area (Å²) in [5.41, 5.74) is 7.01. The van der Waals surface area contributed by atoms with E-state index < -0.39 is 22.2 Å². The monoisotopic (exact) mass is 391 g/mol. The molecule has 1 aromatic carbocycles. The molecule has 0 fully saturated rings. The van der Waals surface area contributed by atoms with Crippen LogP contribution in [-0.4, -0.2) is 48.2 Å². The first-order chi connectivity index (χ1) is 12.7. The first-order valence-corrected chi connectivity index (χ1v) is 10.4. The molecule has 0 aliphatic heterocycles. The van der Waals surface area contributed by atoms with Gasteiger partial charge in [0.15, 0.2) is 0 Å². The van der Waals surface area contributed by atoms with Gasteiger partial charge in [0.1, 0.15) is 0 Å². The van der Waals surface area contributed by atoms with Crippen LogP contribution in [0.15, 0.2) is 64.9 Å². The van der Waals surface area contributed by atoms with Crippen molar-refractivity contribution >= 4 is 10.0 Å². The van der Waals surface area contributed by atoms with Crippen molar-refractivity contribution in [3.63, 3.8) is 0 Å². The molecular formula is C21H29NO4S. The van der Waals surface area contributed by atoms with Gasteiger partial charge in [-0.3, -0.25) is 0 Å². The molecule has 6 heteroatoms. The molecule has 0 aliphatic carbocycles. The zero-order valence-corrected chi connectivity index (χ0v) is 17.1. The van der Waals surface area contributed by atoms with Gasteiger partial charge >= 0.3 is 0 Å². The Morgan fingerprint density at radius 1 is 1.00 bits per heavy atom. The predicted molar refractivity (Wildman–Crippen MR) is 108 cm³/mol. The number of aliphatic hydroxyl groups is 2. The quantitative estimate of drug-likeness (QED) is 0.601. The lowest BCUT2D eigenvalue weighted by Crippen LogP contribution is -2.37. The van der Waals surface area contributed by atoms with Gasteiger partial charge in [-0.1, -0.05) is 44.7 Å². The van der Waals surface area contributed by atoms with E-state index in [0.717, 1.165) is 5.56 Å². The molecule has 0 bridgehead atoms. The van der Waals surface area contributed by atoms with Gasteiger partial charge in [-0.25, -0.2) is 8.42 Å². The topological polar surface area (TPSA) is 77.8 Å². The summed E-state index contributed by atoms with van der Waals surface area (Å²) >= 11 is 0. The number of hydrogen-bond donors (Lipinski definition) is 2. The number of nitrogens with zero attached hydrogens (tertiary/aromatic N) is 1. The lowest BCUT2D eigenvalue weighted by atomic mass is 10.1. The second-order valence-corrected chi connectivity index (χ2v) is 8.28. The molecule has 2 unspecified atom stereocenters. The third kappa shape index (κ3) is 6.05. The number of benzene rings is 1. The van der Waals surface area contributed by atoms with E-state index in [9.17, 15) is 18.6 Å². The highest BCUT2D eigenvalue weighted by Gasteiger charge is 2.28. The lowest BCUT2D eigenvalue weighted by Gasteiger charge is -2.26. The number of rotatable bonds is 10. The Morgan fingerprint density at radius 2 is 1.41 bits per heavy atom. The minimum Gasteiger partial charge on any atom is -0.388 e. The summed E-state index contributed by atoms with van der Waals surface area (Å²) in [6, 6.07) is 6.53. The van der Waals surface area contributed by atoms with Crippen LogP contribution in [0.1, 0.15) is 32.3 Å². The molecule has 1 aromatic rings. The molecule has 27 heavy (non-hydrogen) atoms. The van der Waals surface area contributed by atoms with Crippen LogP contribution in [0.25, 0.3) is 0 Å². The molecule has 1 rings (SSSR count). The van der Waals surface area contributed by atoms with Gasteiger partial charge in [-0.05, 0) is 31.9 Å². The normalized spacial score (nSPS) is 13.6. The molecular weight excluding hydrogens is 362 g/mol. The van der Waals surface area contributed by atoms with Crippen LogP contribution in [0.5, 0.6) is 0 Å². The summed E-state index contributed by atoms with van der Waals surface area (Å²) in [5.74, 6) is 0. The van der Waals surface area contributed by atoms with Crippen LogP contribution in [-0.2, 0) is 10.0 Å². The van der Waals surface area contributed by atoms with E-state index >= 15 is 0 Å². The lowest BCUT2D eigenvalue weighted by molar-refractivity contribution is 0.191. The largest absolute Gasteiger partial charge is 0.388 e. The second kappa shape index (κ2) is 10.4. The van der Waals surface area contributed by atoms with Gasteiger partial charge in [0.25, 0.3) is 0 Å². The molecule has 0 heterocycles. The summed E-state index contributed by atoms with van der Waals surface area (Å²) < 4.78 is 27.6. The fourth-order valence-corrected chi connectivity index (χ4v) is 3.91. The maximum Gasteiger partial charge on any atom is 0.243 e. The molecule has 2 N–H and O–H groups in total. The molecule has 0 radical (unpaired) electrons. The van der Waals surface area contributed by atoms with Gasteiger partial charge in [0.05, 0.1) is 17.1 Å². The van der Waals surface area contributed by atoms with Crippen molar-refractivity contribution in [3.05, 3.63) is 65.6 Å². The highest BCUT2D eigenvalue weighted by atomic mass is 32.2. The zero-order chi connectivity index (χ0) is 20.6. The van der Waals surface area contributed by atoms with Crippen LogP contribution in [0.3, 0.4) is 0 Å². The number of sulfonamides is 1. The average Bonchev–Trinajstić information content (AvgIpc) is 2.67. The van der Waals surface area contributed by atoms with E-state index in [4.69, 9.17) is 0 Å². The van der Waals surface area contributed by atoms with E-state index in [-0.39, 0.29) is 18.0 Å². The number of aliphatic hydroxyl groups excluding tert-OH is 2. The highest BCUT2D eigenvalue weighted by molar-refractivity contribution is 7.89. The van der Waals surface area contributed by atoms with Crippen LogP contribution >= 0.6 is 0 Å². The van der Waals surface area contributed by atoms with E-state index in [2.05, 4.69) is 24.6 Å². The molecule has 0 spiro atoms. The Morgan fingerprint density at radius 3 is 1.74 bits per heavy atom. The Hall–Kier alpha value is -1.91. The third-order valence-corrected chi connectivity index (χ3v) is 6.19. The van der Waals surface area contributed by atoms with E-state index in [1.807, 2.05) is 6.92 Å². The number of aryl methyl sites for hydroxylation is 1. The predicted octanol–water partition coefficient (Wildman–Crippen LogP) is 2.95. The fraction of sp³-hybridized carbons (Fsp3) is 0.429. The van der Waals surface area contributed by atoms with Crippen molar-refractivity contribution in [2.75, 3.05) is 13.1 Å². The van der Waals surface area contributed by atoms with Crippen molar-refractivity contribution in [1.82, 2.24) is 4.31 Å². The molecule has 0 aromatic heterocycles. The average molecular weight is 392 g/mol. The Balaban J connectivity index is 3.37. The van der Waals surface area contributed by atoms with Crippen LogP contribution < -0.4 is 0 Å². The smallest absolute Gasteiger partial charge is 0.243 e. The second-order valence-electron chi connectivity index (χ2n) is 6.34. The first kappa shape index (κ1) is 23.1. The third-order valence-electron chi connectivity index (χ3n) is 4.38. The summed E-state index contributed by atoms with van der Waals surface area (Å²) in [7, 11) is -3.88. The van der Waals surface area contributed by atoms with Crippen LogP contribution in [0.2, 0.25) is 0 Å². The van der Waals surface area contributed by atoms with E-state index in [0.29, 0.717) is 24.0 Å². The summed E-state index contributed by atoms with van der Waals surface area (Å²) in [4.78, 5) is 0.136. The zero-order valence-electron chi connectivity index (χ0n) is 16.3.